The molecule has 0 aliphatic heterocycles. The largest absolute Gasteiger partial charge is 0.433 e. The van der Waals surface area contributed by atoms with Crippen molar-refractivity contribution in [2.45, 2.75) is 12.7 Å². The number of rotatable bonds is 5. The maximum Gasteiger partial charge on any atom is 0.433 e. The lowest BCUT2D eigenvalue weighted by atomic mass is 10.2. The molecule has 0 aliphatic rings. The number of halogens is 3. The van der Waals surface area contributed by atoms with Gasteiger partial charge >= 0.3 is 6.18 Å². The number of aromatic nitrogens is 4. The summed E-state index contributed by atoms with van der Waals surface area (Å²) in [5, 5.41) is 10.1. The second-order valence-electron chi connectivity index (χ2n) is 4.05. The first-order chi connectivity index (χ1) is 9.88. The Bertz CT molecular complexity index is 625. The molecule has 0 bridgehead atoms. The fourth-order valence-electron chi connectivity index (χ4n) is 1.59. The Labute approximate surface area is 123 Å². The molecule has 0 amide bonds. The van der Waals surface area contributed by atoms with Gasteiger partial charge in [0.25, 0.3) is 0 Å². The summed E-state index contributed by atoms with van der Waals surface area (Å²) in [7, 11) is 0. The highest BCUT2D eigenvalue weighted by molar-refractivity contribution is 7.80. The Hall–Kier alpha value is -2.23. The molecule has 112 valence electrons. The maximum atomic E-state index is 12.7. The summed E-state index contributed by atoms with van der Waals surface area (Å²) >= 11 is 4.81. The normalized spacial score (nSPS) is 11.4. The van der Waals surface area contributed by atoms with Crippen molar-refractivity contribution in [3.05, 3.63) is 35.8 Å². The zero-order chi connectivity index (χ0) is 15.5. The minimum absolute atomic E-state index is 0.00237. The average molecular weight is 316 g/mol. The van der Waals surface area contributed by atoms with Gasteiger partial charge in [-0.25, -0.2) is 4.98 Å². The van der Waals surface area contributed by atoms with E-state index in [0.717, 1.165) is 6.07 Å². The molecule has 0 spiro atoms. The summed E-state index contributed by atoms with van der Waals surface area (Å²) in [6, 6.07) is 2.05. The number of thiocarbonyl (C=S) groups is 1. The first-order valence-electron chi connectivity index (χ1n) is 5.84. The van der Waals surface area contributed by atoms with E-state index in [9.17, 15) is 13.2 Å². The summed E-state index contributed by atoms with van der Waals surface area (Å²) in [4.78, 5) is 3.51. The van der Waals surface area contributed by atoms with Gasteiger partial charge in [-0.2, -0.15) is 13.2 Å². The van der Waals surface area contributed by atoms with Gasteiger partial charge in [-0.15, -0.1) is 5.10 Å². The van der Waals surface area contributed by atoms with Crippen molar-refractivity contribution >= 4 is 23.0 Å². The van der Waals surface area contributed by atoms with Gasteiger partial charge in [-0.05, 0) is 12.1 Å². The van der Waals surface area contributed by atoms with Gasteiger partial charge in [0.05, 0.1) is 18.3 Å². The number of anilines is 1. The highest BCUT2D eigenvalue weighted by atomic mass is 32.1. The molecule has 0 aromatic carbocycles. The minimum atomic E-state index is -4.53. The number of nitrogens with one attached hydrogen (secondary N) is 1. The topological polar surface area (TPSA) is 81.6 Å². The second kappa shape index (κ2) is 6.04. The van der Waals surface area contributed by atoms with Gasteiger partial charge in [0.15, 0.2) is 0 Å². The fourth-order valence-corrected chi connectivity index (χ4v) is 1.76. The monoisotopic (exact) mass is 316 g/mol. The molecule has 0 saturated heterocycles. The third kappa shape index (κ3) is 3.88. The molecule has 10 heteroatoms. The first-order valence-corrected chi connectivity index (χ1v) is 6.25. The van der Waals surface area contributed by atoms with Crippen LogP contribution in [0.2, 0.25) is 0 Å². The lowest BCUT2D eigenvalue weighted by Crippen LogP contribution is -2.19. The molecule has 2 rings (SSSR count). The lowest BCUT2D eigenvalue weighted by molar-refractivity contribution is -0.141. The molecule has 0 aliphatic carbocycles. The van der Waals surface area contributed by atoms with Crippen LogP contribution in [0.5, 0.6) is 0 Å². The van der Waals surface area contributed by atoms with Crippen molar-refractivity contribution in [1.82, 2.24) is 20.0 Å². The predicted molar refractivity (Wildman–Crippen MR) is 73.6 cm³/mol. The molecule has 2 aromatic heterocycles. The molecule has 2 heterocycles. The molecule has 0 fully saturated rings. The molecular formula is C11H11F3N6S. The van der Waals surface area contributed by atoms with Crippen molar-refractivity contribution in [2.75, 3.05) is 11.9 Å². The molecule has 2 aromatic rings. The average Bonchev–Trinajstić information content (AvgIpc) is 2.90. The number of pyridine rings is 1. The van der Waals surface area contributed by atoms with Crippen molar-refractivity contribution in [3.8, 4) is 0 Å². The lowest BCUT2D eigenvalue weighted by Gasteiger charge is -2.13. The zero-order valence-corrected chi connectivity index (χ0v) is 11.4. The van der Waals surface area contributed by atoms with Gasteiger partial charge in [0.1, 0.15) is 16.5 Å². The minimum Gasteiger partial charge on any atom is -0.389 e. The molecule has 6 nitrogen and oxygen atoms in total. The maximum absolute atomic E-state index is 12.7. The van der Waals surface area contributed by atoms with Crippen LogP contribution in [0.15, 0.2) is 24.5 Å². The van der Waals surface area contributed by atoms with E-state index in [1.54, 1.807) is 6.20 Å². The zero-order valence-electron chi connectivity index (χ0n) is 10.6. The number of hydrogen-bond donors (Lipinski definition) is 2. The Morgan fingerprint density at radius 2 is 2.14 bits per heavy atom. The van der Waals surface area contributed by atoms with E-state index in [1.807, 2.05) is 0 Å². The van der Waals surface area contributed by atoms with E-state index in [4.69, 9.17) is 18.0 Å². The van der Waals surface area contributed by atoms with Crippen LogP contribution in [0.4, 0.5) is 19.0 Å². The Balaban J connectivity index is 2.16. The first kappa shape index (κ1) is 15.2. The molecule has 3 N–H and O–H groups in total. The van der Waals surface area contributed by atoms with Crippen LogP contribution in [-0.4, -0.2) is 31.5 Å². The van der Waals surface area contributed by atoms with E-state index >= 15 is 0 Å². The van der Waals surface area contributed by atoms with Crippen LogP contribution in [-0.2, 0) is 12.7 Å². The van der Waals surface area contributed by atoms with Gasteiger partial charge in [-0.3, -0.25) is 4.68 Å². The number of nitrogens with zero attached hydrogens (tertiary/aromatic N) is 4. The van der Waals surface area contributed by atoms with Crippen LogP contribution >= 0.6 is 12.2 Å². The molecule has 0 radical (unpaired) electrons. The predicted octanol–water partition coefficient (Wildman–Crippen LogP) is 1.44. The second-order valence-corrected chi connectivity index (χ2v) is 4.49. The smallest absolute Gasteiger partial charge is 0.389 e. The summed E-state index contributed by atoms with van der Waals surface area (Å²) in [5.74, 6) is -0.00237. The summed E-state index contributed by atoms with van der Waals surface area (Å²) < 4.78 is 39.5. The van der Waals surface area contributed by atoms with E-state index in [-0.39, 0.29) is 16.4 Å². The van der Waals surface area contributed by atoms with E-state index in [0.29, 0.717) is 13.1 Å². The third-order valence-corrected chi connectivity index (χ3v) is 2.78. The van der Waals surface area contributed by atoms with Gasteiger partial charge in [-0.1, -0.05) is 17.4 Å². The third-order valence-electron chi connectivity index (χ3n) is 2.56. The van der Waals surface area contributed by atoms with E-state index < -0.39 is 11.9 Å². The van der Waals surface area contributed by atoms with Crippen molar-refractivity contribution in [2.24, 2.45) is 5.73 Å². The number of hydrogen-bond acceptors (Lipinski definition) is 5. The SMILES string of the molecule is NC(=S)c1ccc(C(F)(F)F)nc1NCCn1ccnn1. The van der Waals surface area contributed by atoms with Crippen LogP contribution in [0.25, 0.3) is 0 Å². The molecule has 21 heavy (non-hydrogen) atoms. The van der Waals surface area contributed by atoms with Crippen LogP contribution in [0, 0.1) is 0 Å². The fraction of sp³-hybridized carbons (Fsp3) is 0.273. The highest BCUT2D eigenvalue weighted by Crippen LogP contribution is 2.29. The van der Waals surface area contributed by atoms with Gasteiger partial charge in [0, 0.05) is 12.7 Å². The van der Waals surface area contributed by atoms with E-state index in [2.05, 4.69) is 20.6 Å². The quantitative estimate of drug-likeness (QED) is 0.812. The van der Waals surface area contributed by atoms with E-state index in [1.165, 1.54) is 16.9 Å². The highest BCUT2D eigenvalue weighted by Gasteiger charge is 2.33. The van der Waals surface area contributed by atoms with Gasteiger partial charge < -0.3 is 11.1 Å². The number of nitrogens with two attached hydrogens (primary N) is 1. The van der Waals surface area contributed by atoms with Crippen molar-refractivity contribution in [3.63, 3.8) is 0 Å². The summed E-state index contributed by atoms with van der Waals surface area (Å²) in [6.45, 7) is 0.710. The summed E-state index contributed by atoms with van der Waals surface area (Å²) in [5.41, 5.74) is 4.73. The van der Waals surface area contributed by atoms with Crippen LogP contribution < -0.4 is 11.1 Å². The molecular weight excluding hydrogens is 305 g/mol. The Kier molecular flexibility index (Phi) is 4.36. The number of alkyl halides is 3. The molecule has 0 saturated carbocycles. The molecule has 0 atom stereocenters. The standard InChI is InChI=1S/C11H11F3N6S/c12-11(13,14)8-2-1-7(9(15)21)10(18-8)16-3-5-20-6-4-17-19-20/h1-2,4,6H,3,5H2,(H2,15,21)(H,16,18). The molecule has 0 unspecified atom stereocenters. The van der Waals surface area contributed by atoms with Crippen LogP contribution in [0.3, 0.4) is 0 Å². The Morgan fingerprint density at radius 3 is 2.71 bits per heavy atom. The van der Waals surface area contributed by atoms with Gasteiger partial charge in [0.2, 0.25) is 0 Å². The Morgan fingerprint density at radius 1 is 1.38 bits per heavy atom. The van der Waals surface area contributed by atoms with Crippen LogP contribution in [0.1, 0.15) is 11.3 Å². The van der Waals surface area contributed by atoms with Crippen molar-refractivity contribution < 1.29 is 13.2 Å². The summed E-state index contributed by atoms with van der Waals surface area (Å²) in [6.07, 6.45) is -1.39. The van der Waals surface area contributed by atoms with Crippen molar-refractivity contribution in [1.29, 1.82) is 0 Å².